The van der Waals surface area contributed by atoms with E-state index in [1.165, 1.54) is 44.9 Å². The van der Waals surface area contributed by atoms with Gasteiger partial charge in [0.15, 0.2) is 8.32 Å². The van der Waals surface area contributed by atoms with Crippen molar-refractivity contribution in [1.82, 2.24) is 5.32 Å². The molecule has 0 aliphatic heterocycles. The molecule has 0 saturated carbocycles. The van der Waals surface area contributed by atoms with Gasteiger partial charge in [-0.1, -0.05) is 91.4 Å². The molecule has 0 bridgehead atoms. The Labute approximate surface area is 170 Å². The van der Waals surface area contributed by atoms with Crippen molar-refractivity contribution in [2.75, 3.05) is 6.54 Å². The summed E-state index contributed by atoms with van der Waals surface area (Å²) in [6.45, 7) is 13.5. The molecule has 0 aromatic heterocycles. The third-order valence-electron chi connectivity index (χ3n) is 5.54. The van der Waals surface area contributed by atoms with Crippen LogP contribution in [0.3, 0.4) is 0 Å². The quantitative estimate of drug-likeness (QED) is 0.202. The summed E-state index contributed by atoms with van der Waals surface area (Å²) in [5.41, 5.74) is 0. The Hall–Kier alpha value is -0.793. The first-order valence-electron chi connectivity index (χ1n) is 10.9. The van der Waals surface area contributed by atoms with Gasteiger partial charge in [0.1, 0.15) is 6.10 Å². The van der Waals surface area contributed by atoms with Crippen LogP contribution in [-0.2, 0) is 9.22 Å². The van der Waals surface area contributed by atoms with Gasteiger partial charge in [-0.25, -0.2) is 0 Å². The van der Waals surface area contributed by atoms with Crippen molar-refractivity contribution >= 4 is 14.2 Å². The predicted octanol–water partition coefficient (Wildman–Crippen LogP) is 6.25. The van der Waals surface area contributed by atoms with Crippen LogP contribution in [0.4, 0.5) is 0 Å². The second-order valence-corrected chi connectivity index (χ2v) is 13.8. The summed E-state index contributed by atoms with van der Waals surface area (Å²) in [5, 5.41) is 2.90. The highest BCUT2D eigenvalue weighted by molar-refractivity contribution is 6.74. The molecule has 157 valence electrons. The first-order valence-corrected chi connectivity index (χ1v) is 13.8. The Morgan fingerprint density at radius 3 is 2.22 bits per heavy atom. The maximum absolute atomic E-state index is 12.5. The van der Waals surface area contributed by atoms with Gasteiger partial charge in [-0.2, -0.15) is 0 Å². The molecule has 4 heteroatoms. The minimum Gasteiger partial charge on any atom is -0.405 e. The molecule has 0 aromatic rings. The summed E-state index contributed by atoms with van der Waals surface area (Å²) in [6, 6.07) is 0. The third kappa shape index (κ3) is 12.3. The number of rotatable bonds is 15. The van der Waals surface area contributed by atoms with Crippen molar-refractivity contribution in [2.24, 2.45) is 0 Å². The Morgan fingerprint density at radius 1 is 1.11 bits per heavy atom. The maximum Gasteiger partial charge on any atom is 0.248 e. The molecular formula is C23H44NO2Si. The zero-order chi connectivity index (χ0) is 20.8. The van der Waals surface area contributed by atoms with E-state index in [4.69, 9.17) is 10.8 Å². The normalized spacial score (nSPS) is 13.2. The lowest BCUT2D eigenvalue weighted by Gasteiger charge is -2.38. The van der Waals surface area contributed by atoms with Crippen molar-refractivity contribution < 1.29 is 9.22 Å². The zero-order valence-corrected chi connectivity index (χ0v) is 19.8. The van der Waals surface area contributed by atoms with E-state index in [1.807, 2.05) is 0 Å². The van der Waals surface area contributed by atoms with Crippen molar-refractivity contribution in [3.8, 4) is 12.3 Å². The SMILES string of the molecule is C#CCNC(=O)C(CCCCC[CH]CCCCCC)O[Si](C)(C)C(C)(C)C. The first kappa shape index (κ1) is 26.2. The predicted molar refractivity (Wildman–Crippen MR) is 120 cm³/mol. The average Bonchev–Trinajstić information content (AvgIpc) is 2.59. The van der Waals surface area contributed by atoms with E-state index in [9.17, 15) is 4.79 Å². The third-order valence-corrected chi connectivity index (χ3v) is 10.0. The number of nitrogens with one attached hydrogen (secondary N) is 1. The molecule has 0 rings (SSSR count). The summed E-state index contributed by atoms with van der Waals surface area (Å²) < 4.78 is 6.39. The van der Waals surface area contributed by atoms with Crippen LogP contribution in [-0.4, -0.2) is 26.9 Å². The van der Waals surface area contributed by atoms with Crippen LogP contribution in [0.2, 0.25) is 18.1 Å². The second kappa shape index (κ2) is 14.2. The van der Waals surface area contributed by atoms with Gasteiger partial charge >= 0.3 is 0 Å². The van der Waals surface area contributed by atoms with Gasteiger partial charge < -0.3 is 9.74 Å². The van der Waals surface area contributed by atoms with Crippen LogP contribution in [0.5, 0.6) is 0 Å². The number of hydrogen-bond donors (Lipinski definition) is 1. The fourth-order valence-electron chi connectivity index (χ4n) is 2.68. The van der Waals surface area contributed by atoms with Gasteiger partial charge in [0, 0.05) is 0 Å². The Bertz CT molecular complexity index is 435. The summed E-state index contributed by atoms with van der Waals surface area (Å²) in [7, 11) is -1.99. The van der Waals surface area contributed by atoms with E-state index in [0.29, 0.717) is 0 Å². The zero-order valence-electron chi connectivity index (χ0n) is 18.8. The van der Waals surface area contributed by atoms with E-state index in [-0.39, 0.29) is 23.6 Å². The summed E-state index contributed by atoms with van der Waals surface area (Å²) >= 11 is 0. The van der Waals surface area contributed by atoms with E-state index < -0.39 is 8.32 Å². The van der Waals surface area contributed by atoms with Crippen molar-refractivity contribution in [1.29, 1.82) is 0 Å². The van der Waals surface area contributed by atoms with E-state index in [0.717, 1.165) is 19.3 Å². The van der Waals surface area contributed by atoms with E-state index in [2.05, 4.69) is 58.4 Å². The fourth-order valence-corrected chi connectivity index (χ4v) is 3.97. The van der Waals surface area contributed by atoms with E-state index >= 15 is 0 Å². The lowest BCUT2D eigenvalue weighted by atomic mass is 10.0. The van der Waals surface area contributed by atoms with Crippen LogP contribution in [0.25, 0.3) is 0 Å². The average molecular weight is 395 g/mol. The van der Waals surface area contributed by atoms with Gasteiger partial charge in [-0.15, -0.1) is 6.42 Å². The number of hydrogen-bond acceptors (Lipinski definition) is 2. The Kier molecular flexibility index (Phi) is 13.8. The van der Waals surface area contributed by atoms with Crippen LogP contribution in [0.1, 0.15) is 91.9 Å². The molecule has 1 amide bonds. The topological polar surface area (TPSA) is 38.3 Å². The van der Waals surface area contributed by atoms with Crippen molar-refractivity contribution in [3.63, 3.8) is 0 Å². The molecular weight excluding hydrogens is 350 g/mol. The lowest BCUT2D eigenvalue weighted by molar-refractivity contribution is -0.128. The van der Waals surface area contributed by atoms with Crippen LogP contribution in [0, 0.1) is 18.8 Å². The Balaban J connectivity index is 4.26. The molecule has 0 heterocycles. The second-order valence-electron chi connectivity index (χ2n) is 9.06. The van der Waals surface area contributed by atoms with Crippen LogP contribution >= 0.6 is 0 Å². The van der Waals surface area contributed by atoms with Gasteiger partial charge in [0.2, 0.25) is 5.91 Å². The molecule has 0 aromatic carbocycles. The summed E-state index contributed by atoms with van der Waals surface area (Å²) in [5.74, 6) is 2.42. The van der Waals surface area contributed by atoms with Crippen molar-refractivity contribution in [3.05, 3.63) is 6.42 Å². The molecule has 1 unspecified atom stereocenters. The molecule has 3 nitrogen and oxygen atoms in total. The molecule has 27 heavy (non-hydrogen) atoms. The molecule has 0 aliphatic rings. The number of carbonyl (C=O) groups is 1. The molecule has 1 atom stereocenters. The fraction of sp³-hybridized carbons (Fsp3) is 0.826. The summed E-state index contributed by atoms with van der Waals surface area (Å²) in [6.07, 6.45) is 19.2. The molecule has 0 fully saturated rings. The standard InChI is InChI=1S/C23H44NO2Si/c1-8-10-11-12-13-14-15-16-17-18-19-21(22(25)24-20-9-2)26-27(6,7)23(3,4)5/h2,14,21H,8,10-13,15-20H2,1,3-7H3,(H,24,25). The largest absolute Gasteiger partial charge is 0.405 e. The minimum atomic E-state index is -1.99. The van der Waals surface area contributed by atoms with Gasteiger partial charge in [-0.3, -0.25) is 4.79 Å². The molecule has 0 aliphatic carbocycles. The lowest BCUT2D eigenvalue weighted by Crippen LogP contribution is -2.48. The Morgan fingerprint density at radius 2 is 1.70 bits per heavy atom. The van der Waals surface area contributed by atoms with Gasteiger partial charge in [-0.05, 0) is 31.0 Å². The molecule has 0 spiro atoms. The first-order chi connectivity index (χ1) is 12.7. The number of terminal acetylenes is 1. The number of amides is 1. The molecule has 1 N–H and O–H groups in total. The highest BCUT2D eigenvalue weighted by Gasteiger charge is 2.40. The van der Waals surface area contributed by atoms with Gasteiger partial charge in [0.25, 0.3) is 0 Å². The van der Waals surface area contributed by atoms with E-state index in [1.54, 1.807) is 0 Å². The maximum atomic E-state index is 12.5. The number of carbonyl (C=O) groups excluding carboxylic acids is 1. The monoisotopic (exact) mass is 394 g/mol. The number of unbranched alkanes of at least 4 members (excludes halogenated alkanes) is 9. The van der Waals surface area contributed by atoms with Crippen LogP contribution < -0.4 is 5.32 Å². The highest BCUT2D eigenvalue weighted by atomic mass is 28.4. The smallest absolute Gasteiger partial charge is 0.248 e. The summed E-state index contributed by atoms with van der Waals surface area (Å²) in [4.78, 5) is 12.5. The highest BCUT2D eigenvalue weighted by Crippen LogP contribution is 2.37. The van der Waals surface area contributed by atoms with Crippen molar-refractivity contribution in [2.45, 2.75) is 116 Å². The molecule has 1 radical (unpaired) electrons. The minimum absolute atomic E-state index is 0.0553. The molecule has 0 saturated heterocycles. The van der Waals surface area contributed by atoms with Gasteiger partial charge in [0.05, 0.1) is 6.54 Å². The van der Waals surface area contributed by atoms with Crippen LogP contribution in [0.15, 0.2) is 0 Å².